The van der Waals surface area contributed by atoms with Gasteiger partial charge in [0.25, 0.3) is 0 Å². The Hall–Kier alpha value is -1.44. The molecule has 0 radical (unpaired) electrons. The lowest BCUT2D eigenvalue weighted by molar-refractivity contribution is 0.413. The quantitative estimate of drug-likeness (QED) is 0.643. The van der Waals surface area contributed by atoms with Crippen molar-refractivity contribution in [2.45, 2.75) is 64.8 Å². The van der Waals surface area contributed by atoms with Gasteiger partial charge in [-0.15, -0.1) is 0 Å². The summed E-state index contributed by atoms with van der Waals surface area (Å²) in [6.07, 6.45) is 9.77. The molecule has 2 heteroatoms. The Morgan fingerprint density at radius 1 is 1.14 bits per heavy atom. The molecule has 0 saturated heterocycles. The first-order valence-corrected chi connectivity index (χ1v) is 8.75. The highest BCUT2D eigenvalue weighted by atomic mass is 16.5. The SMILES string of the molecule is CCCCC1=CC(CC)(CCC)N(C)c2ccc(OC)cc21. The number of nitrogens with zero attached hydrogens (tertiary/aromatic N) is 1. The first kappa shape index (κ1) is 16.9. The van der Waals surface area contributed by atoms with Crippen LogP contribution in [0.2, 0.25) is 0 Å². The Kier molecular flexibility index (Phi) is 5.55. The molecule has 1 aliphatic rings. The number of anilines is 1. The lowest BCUT2D eigenvalue weighted by Crippen LogP contribution is -2.47. The van der Waals surface area contributed by atoms with E-state index in [-0.39, 0.29) is 5.54 Å². The summed E-state index contributed by atoms with van der Waals surface area (Å²) in [7, 11) is 3.99. The number of likely N-dealkylation sites (N-methyl/N-ethyl adjacent to an activating group) is 1. The van der Waals surface area contributed by atoms with Crippen LogP contribution in [-0.2, 0) is 0 Å². The summed E-state index contributed by atoms with van der Waals surface area (Å²) in [5, 5.41) is 0. The van der Waals surface area contributed by atoms with Crippen LogP contribution in [0.5, 0.6) is 5.75 Å². The fourth-order valence-electron chi connectivity index (χ4n) is 3.69. The van der Waals surface area contributed by atoms with E-state index in [1.54, 1.807) is 7.11 Å². The molecule has 1 unspecified atom stereocenters. The molecule has 0 N–H and O–H groups in total. The molecule has 1 aromatic rings. The fourth-order valence-corrected chi connectivity index (χ4v) is 3.69. The monoisotopic (exact) mass is 301 g/mol. The molecule has 0 aromatic heterocycles. The Morgan fingerprint density at radius 3 is 2.50 bits per heavy atom. The average Bonchev–Trinajstić information content (AvgIpc) is 2.56. The van der Waals surface area contributed by atoms with Gasteiger partial charge in [0.05, 0.1) is 12.6 Å². The molecule has 0 saturated carbocycles. The summed E-state index contributed by atoms with van der Waals surface area (Å²) in [6.45, 7) is 6.87. The van der Waals surface area contributed by atoms with Gasteiger partial charge in [0.1, 0.15) is 5.75 Å². The van der Waals surface area contributed by atoms with Crippen LogP contribution in [0.15, 0.2) is 24.3 Å². The van der Waals surface area contributed by atoms with Gasteiger partial charge in [-0.3, -0.25) is 0 Å². The Bertz CT molecular complexity index is 535. The Labute approximate surface area is 136 Å². The number of benzene rings is 1. The number of unbranched alkanes of at least 4 members (excludes halogenated alkanes) is 1. The highest BCUT2D eigenvalue weighted by Crippen LogP contribution is 2.44. The number of methoxy groups -OCH3 is 1. The third kappa shape index (κ3) is 3.02. The van der Waals surface area contributed by atoms with Gasteiger partial charge in [-0.05, 0) is 49.5 Å². The van der Waals surface area contributed by atoms with Crippen molar-refractivity contribution < 1.29 is 4.74 Å². The average molecular weight is 301 g/mol. The molecule has 122 valence electrons. The number of fused-ring (bicyclic) bond motifs is 1. The summed E-state index contributed by atoms with van der Waals surface area (Å²) in [4.78, 5) is 2.49. The van der Waals surface area contributed by atoms with Gasteiger partial charge in [-0.2, -0.15) is 0 Å². The molecular weight excluding hydrogens is 270 g/mol. The minimum Gasteiger partial charge on any atom is -0.497 e. The molecule has 0 bridgehead atoms. The van der Waals surface area contributed by atoms with Crippen molar-refractivity contribution in [1.29, 1.82) is 0 Å². The van der Waals surface area contributed by atoms with Crippen molar-refractivity contribution in [2.75, 3.05) is 19.1 Å². The standard InChI is InChI=1S/C20H31NO/c1-6-9-10-16-15-20(8-3,13-7-2)21(4)19-12-11-17(22-5)14-18(16)19/h11-12,14-15H,6-10,13H2,1-5H3. The van der Waals surface area contributed by atoms with E-state index in [2.05, 4.69) is 57.0 Å². The van der Waals surface area contributed by atoms with E-state index in [4.69, 9.17) is 4.74 Å². The predicted octanol–water partition coefficient (Wildman–Crippen LogP) is 5.67. The maximum absolute atomic E-state index is 5.45. The fraction of sp³-hybridized carbons (Fsp3) is 0.600. The first-order valence-electron chi connectivity index (χ1n) is 8.75. The second kappa shape index (κ2) is 7.21. The second-order valence-corrected chi connectivity index (χ2v) is 6.42. The largest absolute Gasteiger partial charge is 0.497 e. The van der Waals surface area contributed by atoms with E-state index in [9.17, 15) is 0 Å². The van der Waals surface area contributed by atoms with Crippen LogP contribution in [0, 0.1) is 0 Å². The molecule has 1 atom stereocenters. The second-order valence-electron chi connectivity index (χ2n) is 6.42. The minimum absolute atomic E-state index is 0.166. The van der Waals surface area contributed by atoms with Gasteiger partial charge < -0.3 is 9.64 Å². The molecule has 2 nitrogen and oxygen atoms in total. The van der Waals surface area contributed by atoms with E-state index in [1.165, 1.54) is 42.5 Å². The lowest BCUT2D eigenvalue weighted by Gasteiger charge is -2.46. The van der Waals surface area contributed by atoms with Crippen LogP contribution < -0.4 is 9.64 Å². The van der Waals surface area contributed by atoms with Crippen molar-refractivity contribution >= 4 is 11.3 Å². The van der Waals surface area contributed by atoms with Gasteiger partial charge in [0, 0.05) is 18.3 Å². The van der Waals surface area contributed by atoms with Crippen LogP contribution in [0.25, 0.3) is 5.57 Å². The number of ether oxygens (including phenoxy) is 1. The van der Waals surface area contributed by atoms with Crippen molar-refractivity contribution in [1.82, 2.24) is 0 Å². The smallest absolute Gasteiger partial charge is 0.119 e. The molecule has 0 aliphatic carbocycles. The van der Waals surface area contributed by atoms with E-state index >= 15 is 0 Å². The summed E-state index contributed by atoms with van der Waals surface area (Å²) in [5.74, 6) is 0.953. The van der Waals surface area contributed by atoms with Crippen LogP contribution in [0.4, 0.5) is 5.69 Å². The zero-order chi connectivity index (χ0) is 16.2. The van der Waals surface area contributed by atoms with E-state index in [0.717, 1.165) is 18.6 Å². The number of allylic oxidation sites excluding steroid dienone is 1. The van der Waals surface area contributed by atoms with Crippen molar-refractivity contribution in [3.8, 4) is 5.75 Å². The highest BCUT2D eigenvalue weighted by Gasteiger charge is 2.35. The number of hydrogen-bond acceptors (Lipinski definition) is 2. The molecule has 1 heterocycles. The summed E-state index contributed by atoms with van der Waals surface area (Å²) < 4.78 is 5.45. The van der Waals surface area contributed by atoms with Crippen LogP contribution in [0.1, 0.15) is 64.9 Å². The first-order chi connectivity index (χ1) is 10.6. The van der Waals surface area contributed by atoms with E-state index in [0.29, 0.717) is 0 Å². The summed E-state index contributed by atoms with van der Waals surface area (Å²) >= 11 is 0. The zero-order valence-electron chi connectivity index (χ0n) is 14.9. The Morgan fingerprint density at radius 2 is 1.91 bits per heavy atom. The van der Waals surface area contributed by atoms with E-state index in [1.807, 2.05) is 0 Å². The number of hydrogen-bond donors (Lipinski definition) is 0. The van der Waals surface area contributed by atoms with Crippen molar-refractivity contribution in [2.24, 2.45) is 0 Å². The van der Waals surface area contributed by atoms with Crippen molar-refractivity contribution in [3.63, 3.8) is 0 Å². The maximum Gasteiger partial charge on any atom is 0.119 e. The van der Waals surface area contributed by atoms with Gasteiger partial charge >= 0.3 is 0 Å². The zero-order valence-corrected chi connectivity index (χ0v) is 14.9. The molecule has 0 amide bonds. The summed E-state index contributed by atoms with van der Waals surface area (Å²) in [6, 6.07) is 6.52. The minimum atomic E-state index is 0.166. The molecule has 22 heavy (non-hydrogen) atoms. The molecule has 0 spiro atoms. The predicted molar refractivity (Wildman–Crippen MR) is 96.8 cm³/mol. The molecular formula is C20H31NO. The van der Waals surface area contributed by atoms with Crippen LogP contribution in [-0.4, -0.2) is 19.7 Å². The third-order valence-corrected chi connectivity index (χ3v) is 5.12. The third-order valence-electron chi connectivity index (χ3n) is 5.12. The van der Waals surface area contributed by atoms with Gasteiger partial charge in [-0.25, -0.2) is 0 Å². The summed E-state index contributed by atoms with van der Waals surface area (Å²) in [5.41, 5.74) is 4.38. The van der Waals surface area contributed by atoms with Crippen molar-refractivity contribution in [3.05, 3.63) is 29.8 Å². The Balaban J connectivity index is 2.53. The number of rotatable bonds is 7. The van der Waals surface area contributed by atoms with E-state index < -0.39 is 0 Å². The van der Waals surface area contributed by atoms with Gasteiger partial charge in [-0.1, -0.05) is 39.7 Å². The molecule has 2 rings (SSSR count). The maximum atomic E-state index is 5.45. The van der Waals surface area contributed by atoms with Gasteiger partial charge in [0.15, 0.2) is 0 Å². The normalized spacial score (nSPS) is 20.6. The molecule has 0 fully saturated rings. The highest BCUT2D eigenvalue weighted by molar-refractivity contribution is 5.83. The topological polar surface area (TPSA) is 12.5 Å². The van der Waals surface area contributed by atoms with Crippen LogP contribution in [0.3, 0.4) is 0 Å². The molecule has 1 aliphatic heterocycles. The van der Waals surface area contributed by atoms with Gasteiger partial charge in [0.2, 0.25) is 0 Å². The van der Waals surface area contributed by atoms with Crippen LogP contribution >= 0.6 is 0 Å². The lowest BCUT2D eigenvalue weighted by atomic mass is 9.80. The molecule has 1 aromatic carbocycles.